The van der Waals surface area contributed by atoms with Crippen molar-refractivity contribution in [2.24, 2.45) is 0 Å². The Bertz CT molecular complexity index is 483. The molecule has 0 heterocycles. The summed E-state index contributed by atoms with van der Waals surface area (Å²) in [5.41, 5.74) is 1.08. The Kier molecular flexibility index (Phi) is 7.70. The Hall–Kier alpha value is -1.67. The van der Waals surface area contributed by atoms with Gasteiger partial charge in [0, 0.05) is 0 Å². The van der Waals surface area contributed by atoms with Gasteiger partial charge in [-0.2, -0.15) is 0 Å². The summed E-state index contributed by atoms with van der Waals surface area (Å²) in [6.07, 6.45) is 0.954. The molecule has 21 heavy (non-hydrogen) atoms. The quantitative estimate of drug-likeness (QED) is 0.699. The molecule has 0 aromatic heterocycles. The van der Waals surface area contributed by atoms with Gasteiger partial charge in [-0.15, -0.1) is 0 Å². The highest BCUT2D eigenvalue weighted by atomic mass is 32.1. The minimum absolute atomic E-state index is 0.146. The molecule has 1 nitrogen and oxygen atoms in total. The first-order chi connectivity index (χ1) is 10.1. The van der Waals surface area contributed by atoms with Gasteiger partial charge in [-0.05, 0) is 38.0 Å². The molecule has 1 atom stereocenters. The first-order valence-electron chi connectivity index (χ1n) is 7.38. The van der Waals surface area contributed by atoms with Gasteiger partial charge in [0.25, 0.3) is 0 Å². The third-order valence-electron chi connectivity index (χ3n) is 3.51. The normalized spacial score (nSPS) is 12.5. The lowest BCUT2D eigenvalue weighted by Crippen LogP contribution is -2.32. The van der Waals surface area contributed by atoms with Crippen molar-refractivity contribution in [3.8, 4) is 0 Å². The van der Waals surface area contributed by atoms with Crippen molar-refractivity contribution in [3.05, 3.63) is 72.3 Å². The lowest BCUT2D eigenvalue weighted by molar-refractivity contribution is 0.300. The molecule has 0 aliphatic heterocycles. The van der Waals surface area contributed by atoms with Gasteiger partial charge in [0.05, 0.1) is 12.0 Å². The van der Waals surface area contributed by atoms with Crippen LogP contribution in [-0.2, 0) is 10.2 Å². The molecule has 2 aromatic rings. The van der Waals surface area contributed by atoms with Crippen LogP contribution in [0.2, 0.25) is 0 Å². The molecule has 0 spiro atoms. The molecule has 2 heteroatoms. The zero-order chi connectivity index (χ0) is 15.6. The average Bonchev–Trinajstić information content (AvgIpc) is 2.57. The molecule has 112 valence electrons. The van der Waals surface area contributed by atoms with Crippen LogP contribution in [0, 0.1) is 0 Å². The summed E-state index contributed by atoms with van der Waals surface area (Å²) >= 11 is 5.35. The van der Waals surface area contributed by atoms with Crippen molar-refractivity contribution in [1.29, 1.82) is 0 Å². The maximum Gasteiger partial charge on any atom is 0.169 e. The van der Waals surface area contributed by atoms with Gasteiger partial charge in [0.15, 0.2) is 5.05 Å². The molecule has 1 unspecified atom stereocenters. The van der Waals surface area contributed by atoms with Crippen LogP contribution in [0.4, 0.5) is 0 Å². The van der Waals surface area contributed by atoms with Crippen molar-refractivity contribution in [3.63, 3.8) is 0 Å². The van der Waals surface area contributed by atoms with Crippen LogP contribution in [0.15, 0.2) is 66.7 Å². The van der Waals surface area contributed by atoms with E-state index in [1.54, 1.807) is 0 Å². The highest BCUT2D eigenvalue weighted by molar-refractivity contribution is 7.80. The van der Waals surface area contributed by atoms with E-state index in [4.69, 9.17) is 17.0 Å². The van der Waals surface area contributed by atoms with Crippen LogP contribution in [0.3, 0.4) is 0 Å². The van der Waals surface area contributed by atoms with E-state index in [1.165, 1.54) is 5.56 Å². The molecule has 0 aliphatic rings. The Balaban J connectivity index is 0.000000304. The fourth-order valence-electron chi connectivity index (χ4n) is 1.95. The zero-order valence-corrected chi connectivity index (χ0v) is 13.9. The Morgan fingerprint density at radius 3 is 1.71 bits per heavy atom. The molecule has 0 radical (unpaired) electrons. The summed E-state index contributed by atoms with van der Waals surface area (Å²) in [5.74, 6) is 0. The van der Waals surface area contributed by atoms with Crippen molar-refractivity contribution < 1.29 is 4.74 Å². The number of hydrogen-bond donors (Lipinski definition) is 0. The summed E-state index contributed by atoms with van der Waals surface area (Å²) in [6, 6.07) is 22.3. The van der Waals surface area contributed by atoms with Crippen LogP contribution in [-0.4, -0.2) is 11.7 Å². The summed E-state index contributed by atoms with van der Waals surface area (Å²) < 4.78 is 5.48. The molecular formula is C19H24OS. The maximum absolute atomic E-state index is 5.48. The first-order valence-corrected chi connectivity index (χ1v) is 7.78. The highest BCUT2D eigenvalue weighted by Gasteiger charge is 2.30. The standard InChI is InChI=1S/C13H18OS.C6H6/c1-4-13(3,12(15)14-5-2)11-9-7-6-8-10-11;1-2-4-6-5-3-1/h6-10H,4-5H2,1-3H3;1-6H. The van der Waals surface area contributed by atoms with E-state index in [2.05, 4.69) is 26.0 Å². The Morgan fingerprint density at radius 2 is 1.33 bits per heavy atom. The second-order valence-corrected chi connectivity index (χ2v) is 5.30. The number of rotatable bonds is 4. The topological polar surface area (TPSA) is 9.23 Å². The van der Waals surface area contributed by atoms with Crippen LogP contribution in [0.1, 0.15) is 32.8 Å². The second kappa shape index (κ2) is 9.30. The van der Waals surface area contributed by atoms with Gasteiger partial charge in [-0.25, -0.2) is 0 Å². The number of thiocarbonyl (C=S) groups is 1. The molecule has 0 bridgehead atoms. The molecule has 0 saturated carbocycles. The van der Waals surface area contributed by atoms with E-state index in [0.717, 1.165) is 6.42 Å². The SMILES string of the molecule is CCOC(=S)C(C)(CC)c1ccccc1.c1ccccc1. The summed E-state index contributed by atoms with van der Waals surface area (Å²) in [6.45, 7) is 6.88. The van der Waals surface area contributed by atoms with Gasteiger partial charge >= 0.3 is 0 Å². The molecule has 0 fully saturated rings. The summed E-state index contributed by atoms with van der Waals surface area (Å²) in [7, 11) is 0. The highest BCUT2D eigenvalue weighted by Crippen LogP contribution is 2.29. The van der Waals surface area contributed by atoms with Crippen molar-refractivity contribution in [2.45, 2.75) is 32.6 Å². The van der Waals surface area contributed by atoms with Crippen molar-refractivity contribution in [2.75, 3.05) is 6.61 Å². The minimum Gasteiger partial charge on any atom is -0.486 e. The molecule has 2 aromatic carbocycles. The second-order valence-electron chi connectivity index (χ2n) is 4.93. The summed E-state index contributed by atoms with van der Waals surface area (Å²) in [5, 5.41) is 0.693. The van der Waals surface area contributed by atoms with Crippen LogP contribution in [0.5, 0.6) is 0 Å². The van der Waals surface area contributed by atoms with Crippen molar-refractivity contribution in [1.82, 2.24) is 0 Å². The zero-order valence-electron chi connectivity index (χ0n) is 13.1. The van der Waals surface area contributed by atoms with E-state index in [9.17, 15) is 0 Å². The van der Waals surface area contributed by atoms with Crippen LogP contribution >= 0.6 is 12.2 Å². The van der Waals surface area contributed by atoms with E-state index in [0.29, 0.717) is 11.7 Å². The monoisotopic (exact) mass is 300 g/mol. The molecule has 2 rings (SSSR count). The molecule has 0 aliphatic carbocycles. The number of benzene rings is 2. The van der Waals surface area contributed by atoms with Crippen LogP contribution in [0.25, 0.3) is 0 Å². The molecular weight excluding hydrogens is 276 g/mol. The first kappa shape index (κ1) is 17.4. The molecule has 0 N–H and O–H groups in total. The van der Waals surface area contributed by atoms with E-state index in [-0.39, 0.29) is 5.41 Å². The predicted octanol–water partition coefficient (Wildman–Crippen LogP) is 5.40. The smallest absolute Gasteiger partial charge is 0.169 e. The third kappa shape index (κ3) is 5.31. The van der Waals surface area contributed by atoms with E-state index >= 15 is 0 Å². The van der Waals surface area contributed by atoms with Gasteiger partial charge in [-0.1, -0.05) is 73.7 Å². The lowest BCUT2D eigenvalue weighted by atomic mass is 9.81. The van der Waals surface area contributed by atoms with Gasteiger partial charge in [0.1, 0.15) is 0 Å². The predicted molar refractivity (Wildman–Crippen MR) is 94.8 cm³/mol. The fraction of sp³-hybridized carbons (Fsp3) is 0.316. The number of hydrogen-bond acceptors (Lipinski definition) is 2. The molecule has 0 saturated heterocycles. The maximum atomic E-state index is 5.48. The van der Waals surface area contributed by atoms with Crippen molar-refractivity contribution >= 4 is 17.3 Å². The summed E-state index contributed by atoms with van der Waals surface area (Å²) in [4.78, 5) is 0. The molecule has 0 amide bonds. The van der Waals surface area contributed by atoms with Gasteiger partial charge < -0.3 is 4.74 Å². The Morgan fingerprint density at radius 1 is 0.905 bits per heavy atom. The lowest BCUT2D eigenvalue weighted by Gasteiger charge is -2.29. The number of ether oxygens (including phenoxy) is 1. The fourth-order valence-corrected chi connectivity index (χ4v) is 2.33. The Labute approximate surface area is 134 Å². The third-order valence-corrected chi connectivity index (χ3v) is 4.08. The average molecular weight is 300 g/mol. The van der Waals surface area contributed by atoms with Crippen LogP contribution < -0.4 is 0 Å². The van der Waals surface area contributed by atoms with E-state index in [1.807, 2.05) is 61.5 Å². The minimum atomic E-state index is -0.146. The van der Waals surface area contributed by atoms with E-state index < -0.39 is 0 Å². The van der Waals surface area contributed by atoms with Gasteiger partial charge in [-0.3, -0.25) is 0 Å². The van der Waals surface area contributed by atoms with Gasteiger partial charge in [0.2, 0.25) is 0 Å². The largest absolute Gasteiger partial charge is 0.486 e.